The first-order valence-electron chi connectivity index (χ1n) is 7.47. The summed E-state index contributed by atoms with van der Waals surface area (Å²) >= 11 is 0. The normalized spacial score (nSPS) is 16.5. The van der Waals surface area contributed by atoms with E-state index in [4.69, 9.17) is 0 Å². The molecule has 1 aliphatic rings. The van der Waals surface area contributed by atoms with Gasteiger partial charge in [0.05, 0.1) is 5.56 Å². The van der Waals surface area contributed by atoms with Crippen LogP contribution in [0.25, 0.3) is 0 Å². The fourth-order valence-corrected chi connectivity index (χ4v) is 2.45. The number of amides is 2. The molecule has 1 heterocycles. The van der Waals surface area contributed by atoms with Crippen LogP contribution in [0.3, 0.4) is 0 Å². The van der Waals surface area contributed by atoms with Gasteiger partial charge >= 0.3 is 0 Å². The summed E-state index contributed by atoms with van der Waals surface area (Å²) in [5, 5.41) is 0. The van der Waals surface area contributed by atoms with Gasteiger partial charge in [-0.2, -0.15) is 0 Å². The molecule has 0 aliphatic carbocycles. The quantitative estimate of drug-likeness (QED) is 0.859. The lowest BCUT2D eigenvalue weighted by molar-refractivity contribution is -0.136. The molecule has 0 spiro atoms. The third kappa shape index (κ3) is 3.43. The van der Waals surface area contributed by atoms with Crippen molar-refractivity contribution in [3.63, 3.8) is 0 Å². The Bertz CT molecular complexity index is 569. The lowest BCUT2D eigenvalue weighted by Gasteiger charge is -2.36. The van der Waals surface area contributed by atoms with E-state index in [1.165, 1.54) is 4.90 Å². The van der Waals surface area contributed by atoms with Crippen LogP contribution in [0.1, 0.15) is 30.6 Å². The van der Waals surface area contributed by atoms with E-state index >= 15 is 0 Å². The lowest BCUT2D eigenvalue weighted by atomic mass is 10.1. The molecule has 1 aromatic carbocycles. The van der Waals surface area contributed by atoms with E-state index in [0.717, 1.165) is 18.6 Å². The zero-order chi connectivity index (χ0) is 16.3. The fourth-order valence-electron chi connectivity index (χ4n) is 2.45. The molecule has 1 saturated heterocycles. The summed E-state index contributed by atoms with van der Waals surface area (Å²) in [7, 11) is 0. The van der Waals surface area contributed by atoms with Crippen LogP contribution < -0.4 is 0 Å². The van der Waals surface area contributed by atoms with Crippen LogP contribution >= 0.6 is 0 Å². The first-order chi connectivity index (χ1) is 10.4. The van der Waals surface area contributed by atoms with Crippen LogP contribution in [0.5, 0.6) is 0 Å². The second-order valence-electron chi connectivity index (χ2n) is 5.55. The molecule has 22 heavy (non-hydrogen) atoms. The van der Waals surface area contributed by atoms with E-state index < -0.39 is 17.5 Å². The first-order valence-corrected chi connectivity index (χ1v) is 7.47. The summed E-state index contributed by atoms with van der Waals surface area (Å²) in [5.41, 5.74) is -0.136. The van der Waals surface area contributed by atoms with Crippen LogP contribution in [0.2, 0.25) is 0 Å². The Balaban J connectivity index is 1.99. The van der Waals surface area contributed by atoms with Gasteiger partial charge in [0.2, 0.25) is 5.91 Å². The van der Waals surface area contributed by atoms with Gasteiger partial charge in [0.1, 0.15) is 11.6 Å². The van der Waals surface area contributed by atoms with Gasteiger partial charge < -0.3 is 9.80 Å². The van der Waals surface area contributed by atoms with Crippen molar-refractivity contribution in [1.82, 2.24) is 9.80 Å². The highest BCUT2D eigenvalue weighted by molar-refractivity contribution is 5.94. The van der Waals surface area contributed by atoms with Crippen molar-refractivity contribution in [3.8, 4) is 0 Å². The van der Waals surface area contributed by atoms with Crippen molar-refractivity contribution in [2.24, 2.45) is 5.92 Å². The highest BCUT2D eigenvalue weighted by Gasteiger charge is 2.27. The molecule has 2 amide bonds. The highest BCUT2D eigenvalue weighted by Crippen LogP contribution is 2.15. The predicted molar refractivity (Wildman–Crippen MR) is 78.3 cm³/mol. The van der Waals surface area contributed by atoms with E-state index in [9.17, 15) is 18.4 Å². The number of piperazine rings is 1. The van der Waals surface area contributed by atoms with Gasteiger partial charge in [0.25, 0.3) is 5.91 Å². The molecule has 6 heteroatoms. The molecule has 1 atom stereocenters. The SMILES string of the molecule is CC[C@@H](C)C(=O)N1CCN(C(=O)c2ccc(F)cc2F)CC1. The maximum atomic E-state index is 13.7. The smallest absolute Gasteiger partial charge is 0.256 e. The molecule has 120 valence electrons. The van der Waals surface area contributed by atoms with E-state index in [1.807, 2.05) is 13.8 Å². The maximum Gasteiger partial charge on any atom is 0.256 e. The number of halogens is 2. The summed E-state index contributed by atoms with van der Waals surface area (Å²) in [6, 6.07) is 2.93. The number of carbonyl (C=O) groups excluding carboxylic acids is 2. The topological polar surface area (TPSA) is 40.6 Å². The number of nitrogens with zero attached hydrogens (tertiary/aromatic N) is 2. The Morgan fingerprint density at radius 3 is 2.27 bits per heavy atom. The minimum Gasteiger partial charge on any atom is -0.339 e. The average molecular weight is 310 g/mol. The van der Waals surface area contributed by atoms with Gasteiger partial charge in [-0.1, -0.05) is 13.8 Å². The number of rotatable bonds is 3. The second kappa shape index (κ2) is 6.85. The second-order valence-corrected chi connectivity index (χ2v) is 5.55. The van der Waals surface area contributed by atoms with Crippen LogP contribution in [-0.2, 0) is 4.79 Å². The van der Waals surface area contributed by atoms with Crippen molar-refractivity contribution in [3.05, 3.63) is 35.4 Å². The number of benzene rings is 1. The van der Waals surface area contributed by atoms with E-state index in [-0.39, 0.29) is 17.4 Å². The summed E-state index contributed by atoms with van der Waals surface area (Å²) < 4.78 is 26.6. The van der Waals surface area contributed by atoms with Crippen molar-refractivity contribution in [1.29, 1.82) is 0 Å². The van der Waals surface area contributed by atoms with Crippen molar-refractivity contribution in [2.75, 3.05) is 26.2 Å². The van der Waals surface area contributed by atoms with Crippen LogP contribution in [-0.4, -0.2) is 47.8 Å². The molecule has 1 aromatic rings. The molecule has 1 fully saturated rings. The Morgan fingerprint density at radius 2 is 1.73 bits per heavy atom. The summed E-state index contributed by atoms with van der Waals surface area (Å²) in [6.07, 6.45) is 0.777. The molecule has 0 radical (unpaired) electrons. The van der Waals surface area contributed by atoms with E-state index in [1.54, 1.807) is 4.90 Å². The molecule has 4 nitrogen and oxygen atoms in total. The van der Waals surface area contributed by atoms with E-state index in [2.05, 4.69) is 0 Å². The first kappa shape index (κ1) is 16.4. The fraction of sp³-hybridized carbons (Fsp3) is 0.500. The molecule has 0 aromatic heterocycles. The maximum absolute atomic E-state index is 13.7. The minimum absolute atomic E-state index is 0.0307. The van der Waals surface area contributed by atoms with Crippen LogP contribution in [0.15, 0.2) is 18.2 Å². The molecule has 0 unspecified atom stereocenters. The molecule has 0 saturated carbocycles. The molecule has 1 aliphatic heterocycles. The summed E-state index contributed by atoms with van der Waals surface area (Å²) in [4.78, 5) is 27.6. The Hall–Kier alpha value is -1.98. The van der Waals surface area contributed by atoms with Crippen molar-refractivity contribution < 1.29 is 18.4 Å². The predicted octanol–water partition coefficient (Wildman–Crippen LogP) is 2.30. The highest BCUT2D eigenvalue weighted by atomic mass is 19.1. The van der Waals surface area contributed by atoms with Gasteiger partial charge in [-0.15, -0.1) is 0 Å². The largest absolute Gasteiger partial charge is 0.339 e. The molecular weight excluding hydrogens is 290 g/mol. The zero-order valence-electron chi connectivity index (χ0n) is 12.8. The molecule has 0 bridgehead atoms. The molecule has 0 N–H and O–H groups in total. The van der Waals surface area contributed by atoms with Crippen molar-refractivity contribution >= 4 is 11.8 Å². The lowest BCUT2D eigenvalue weighted by Crippen LogP contribution is -2.51. The number of carbonyl (C=O) groups is 2. The third-order valence-corrected chi connectivity index (χ3v) is 4.07. The Kier molecular flexibility index (Phi) is 5.11. The minimum atomic E-state index is -0.858. The van der Waals surface area contributed by atoms with Crippen molar-refractivity contribution in [2.45, 2.75) is 20.3 Å². The van der Waals surface area contributed by atoms with E-state index in [0.29, 0.717) is 32.2 Å². The Morgan fingerprint density at radius 1 is 1.14 bits per heavy atom. The number of hydrogen-bond acceptors (Lipinski definition) is 2. The van der Waals surface area contributed by atoms with Gasteiger partial charge in [0, 0.05) is 38.2 Å². The monoisotopic (exact) mass is 310 g/mol. The van der Waals surface area contributed by atoms with Gasteiger partial charge in [-0.25, -0.2) is 8.78 Å². The number of hydrogen-bond donors (Lipinski definition) is 0. The third-order valence-electron chi connectivity index (χ3n) is 4.07. The molecule has 2 rings (SSSR count). The van der Waals surface area contributed by atoms with Gasteiger partial charge in [-0.05, 0) is 18.6 Å². The van der Waals surface area contributed by atoms with Gasteiger partial charge in [0.15, 0.2) is 0 Å². The van der Waals surface area contributed by atoms with Crippen LogP contribution in [0, 0.1) is 17.6 Å². The van der Waals surface area contributed by atoms with Crippen LogP contribution in [0.4, 0.5) is 8.78 Å². The summed E-state index contributed by atoms with van der Waals surface area (Å²) in [6.45, 7) is 5.44. The zero-order valence-corrected chi connectivity index (χ0v) is 12.8. The standard InChI is InChI=1S/C16H20F2N2O2/c1-3-11(2)15(21)19-6-8-20(9-7-19)16(22)13-5-4-12(17)10-14(13)18/h4-5,10-11H,3,6-9H2,1-2H3/t11-/m1/s1. The Labute approximate surface area is 128 Å². The summed E-state index contributed by atoms with van der Waals surface area (Å²) in [5.74, 6) is -1.98. The average Bonchev–Trinajstić information content (AvgIpc) is 2.53. The molecular formula is C16H20F2N2O2. The van der Waals surface area contributed by atoms with Gasteiger partial charge in [-0.3, -0.25) is 9.59 Å².